The summed E-state index contributed by atoms with van der Waals surface area (Å²) in [7, 11) is 0. The van der Waals surface area contributed by atoms with Gasteiger partial charge in [0.25, 0.3) is 5.56 Å². The van der Waals surface area contributed by atoms with Crippen molar-refractivity contribution in [3.63, 3.8) is 0 Å². The lowest BCUT2D eigenvalue weighted by atomic mass is 10.0. The zero-order valence-corrected chi connectivity index (χ0v) is 14.7. The molecular formula is C20H16N2O3S. The summed E-state index contributed by atoms with van der Waals surface area (Å²) in [5, 5.41) is 13.6. The first-order valence-corrected chi connectivity index (χ1v) is 9.19. The number of carboxylic acid groups (broad SMARTS) is 1. The quantitative estimate of drug-likeness (QED) is 0.578. The number of benzene rings is 2. The third-order valence-electron chi connectivity index (χ3n) is 4.41. The van der Waals surface area contributed by atoms with Crippen LogP contribution >= 0.6 is 11.3 Å². The number of hydrogen-bond donors (Lipinski definition) is 1. The van der Waals surface area contributed by atoms with E-state index in [1.54, 1.807) is 0 Å². The second-order valence-corrected chi connectivity index (χ2v) is 6.99. The lowest BCUT2D eigenvalue weighted by molar-refractivity contribution is -0.137. The Balaban J connectivity index is 1.79. The van der Waals surface area contributed by atoms with E-state index in [0.29, 0.717) is 23.2 Å². The lowest BCUT2D eigenvalue weighted by Gasteiger charge is -2.06. The van der Waals surface area contributed by atoms with E-state index in [0.717, 1.165) is 21.9 Å². The van der Waals surface area contributed by atoms with E-state index in [4.69, 9.17) is 5.11 Å². The molecule has 0 spiro atoms. The van der Waals surface area contributed by atoms with Crippen molar-refractivity contribution < 1.29 is 9.90 Å². The molecule has 4 rings (SSSR count). The molecule has 0 bridgehead atoms. The monoisotopic (exact) mass is 364 g/mol. The maximum atomic E-state index is 12.9. The predicted octanol–water partition coefficient (Wildman–Crippen LogP) is 4.14. The predicted molar refractivity (Wildman–Crippen MR) is 104 cm³/mol. The second kappa shape index (κ2) is 6.72. The first kappa shape index (κ1) is 16.5. The largest absolute Gasteiger partial charge is 0.481 e. The molecule has 0 saturated carbocycles. The van der Waals surface area contributed by atoms with E-state index in [-0.39, 0.29) is 12.0 Å². The summed E-state index contributed by atoms with van der Waals surface area (Å²) in [5.74, 6) is -0.862. The van der Waals surface area contributed by atoms with Gasteiger partial charge in [-0.1, -0.05) is 36.4 Å². The summed E-state index contributed by atoms with van der Waals surface area (Å²) >= 11 is 1.45. The fourth-order valence-corrected chi connectivity index (χ4v) is 4.00. The topological polar surface area (TPSA) is 72.2 Å². The summed E-state index contributed by atoms with van der Waals surface area (Å²) in [5.41, 5.74) is 1.74. The summed E-state index contributed by atoms with van der Waals surface area (Å²) in [6.45, 7) is 0.348. The van der Waals surface area contributed by atoms with E-state index in [2.05, 4.69) is 29.2 Å². The fourth-order valence-electron chi connectivity index (χ4n) is 3.10. The molecule has 130 valence electrons. The Morgan fingerprint density at radius 2 is 1.96 bits per heavy atom. The van der Waals surface area contributed by atoms with E-state index in [9.17, 15) is 9.59 Å². The van der Waals surface area contributed by atoms with E-state index < -0.39 is 5.97 Å². The highest BCUT2D eigenvalue weighted by Gasteiger charge is 2.13. The minimum Gasteiger partial charge on any atom is -0.481 e. The molecule has 0 aliphatic carbocycles. The third kappa shape index (κ3) is 2.99. The van der Waals surface area contributed by atoms with Gasteiger partial charge in [-0.15, -0.1) is 11.3 Å². The molecule has 0 amide bonds. The van der Waals surface area contributed by atoms with Crippen LogP contribution in [-0.2, 0) is 11.3 Å². The maximum absolute atomic E-state index is 12.9. The molecular weight excluding hydrogens is 348 g/mol. The molecule has 0 unspecified atom stereocenters. The summed E-state index contributed by atoms with van der Waals surface area (Å²) in [4.78, 5) is 28.7. The highest BCUT2D eigenvalue weighted by atomic mass is 32.1. The third-order valence-corrected chi connectivity index (χ3v) is 5.30. The normalized spacial score (nSPS) is 11.2. The first-order chi connectivity index (χ1) is 12.6. The van der Waals surface area contributed by atoms with Crippen molar-refractivity contribution >= 4 is 38.3 Å². The van der Waals surface area contributed by atoms with Crippen molar-refractivity contribution in [2.24, 2.45) is 0 Å². The Bertz CT molecular complexity index is 1180. The number of aryl methyl sites for hydroxylation is 1. The zero-order valence-electron chi connectivity index (χ0n) is 13.9. The molecule has 2 aromatic heterocycles. The van der Waals surface area contributed by atoms with Crippen molar-refractivity contribution in [3.05, 3.63) is 64.5 Å². The number of thiophene rings is 1. The molecule has 26 heavy (non-hydrogen) atoms. The van der Waals surface area contributed by atoms with Crippen LogP contribution in [0.15, 0.2) is 59.0 Å². The van der Waals surface area contributed by atoms with Gasteiger partial charge < -0.3 is 5.11 Å². The number of nitrogens with zero attached hydrogens (tertiary/aromatic N) is 2. The molecule has 4 aromatic rings. The van der Waals surface area contributed by atoms with Gasteiger partial charge in [0.1, 0.15) is 4.83 Å². The standard InChI is InChI=1S/C20H16N2O3S/c23-17(24)6-3-9-22-12-21-19-18(20(22)25)16(11-26-19)15-8-7-13-4-1-2-5-14(13)10-15/h1-2,4-5,7-8,10-12H,3,6,9H2,(H,23,24). The van der Waals surface area contributed by atoms with E-state index in [1.165, 1.54) is 22.2 Å². The van der Waals surface area contributed by atoms with Crippen LogP contribution < -0.4 is 5.56 Å². The Morgan fingerprint density at radius 3 is 2.77 bits per heavy atom. The van der Waals surface area contributed by atoms with Crippen LogP contribution in [0, 0.1) is 0 Å². The minimum absolute atomic E-state index is 0.0334. The Morgan fingerprint density at radius 1 is 1.15 bits per heavy atom. The highest BCUT2D eigenvalue weighted by Crippen LogP contribution is 2.32. The van der Waals surface area contributed by atoms with E-state index in [1.807, 2.05) is 23.6 Å². The van der Waals surface area contributed by atoms with Crippen molar-refractivity contribution in [2.75, 3.05) is 0 Å². The van der Waals surface area contributed by atoms with Crippen LogP contribution in [0.1, 0.15) is 12.8 Å². The molecule has 2 aromatic carbocycles. The van der Waals surface area contributed by atoms with Crippen molar-refractivity contribution in [3.8, 4) is 11.1 Å². The van der Waals surface area contributed by atoms with Gasteiger partial charge in [0.2, 0.25) is 0 Å². The van der Waals surface area contributed by atoms with E-state index >= 15 is 0 Å². The average molecular weight is 364 g/mol. The summed E-state index contributed by atoms with van der Waals surface area (Å²) < 4.78 is 1.50. The van der Waals surface area contributed by atoms with Gasteiger partial charge in [0, 0.05) is 23.9 Å². The van der Waals surface area contributed by atoms with Crippen LogP contribution in [0.5, 0.6) is 0 Å². The molecule has 0 saturated heterocycles. The van der Waals surface area contributed by atoms with Gasteiger partial charge in [-0.05, 0) is 28.8 Å². The Kier molecular flexibility index (Phi) is 4.26. The average Bonchev–Trinajstić information content (AvgIpc) is 3.08. The highest BCUT2D eigenvalue weighted by molar-refractivity contribution is 7.17. The molecule has 5 nitrogen and oxygen atoms in total. The summed E-state index contributed by atoms with van der Waals surface area (Å²) in [6.07, 6.45) is 1.94. The molecule has 0 aliphatic heterocycles. The lowest BCUT2D eigenvalue weighted by Crippen LogP contribution is -2.20. The number of carbonyl (C=O) groups is 1. The molecule has 0 aliphatic rings. The second-order valence-electron chi connectivity index (χ2n) is 6.13. The van der Waals surface area contributed by atoms with Crippen molar-refractivity contribution in [2.45, 2.75) is 19.4 Å². The van der Waals surface area contributed by atoms with Gasteiger partial charge in [-0.3, -0.25) is 14.2 Å². The number of fused-ring (bicyclic) bond motifs is 2. The SMILES string of the molecule is O=C(O)CCCn1cnc2scc(-c3ccc4ccccc4c3)c2c1=O. The van der Waals surface area contributed by atoms with Crippen LogP contribution in [0.3, 0.4) is 0 Å². The molecule has 2 heterocycles. The zero-order chi connectivity index (χ0) is 18.1. The van der Waals surface area contributed by atoms with Gasteiger partial charge in [-0.25, -0.2) is 4.98 Å². The molecule has 0 atom stereocenters. The van der Waals surface area contributed by atoms with Crippen LogP contribution in [0.25, 0.3) is 32.1 Å². The molecule has 0 radical (unpaired) electrons. The molecule has 6 heteroatoms. The van der Waals surface area contributed by atoms with Crippen molar-refractivity contribution in [1.29, 1.82) is 0 Å². The number of carboxylic acids is 1. The van der Waals surface area contributed by atoms with Crippen LogP contribution in [0.2, 0.25) is 0 Å². The first-order valence-electron chi connectivity index (χ1n) is 8.31. The fraction of sp³-hybridized carbons (Fsp3) is 0.150. The number of hydrogen-bond acceptors (Lipinski definition) is 4. The number of rotatable bonds is 5. The molecule has 0 fully saturated rings. The minimum atomic E-state index is -0.862. The smallest absolute Gasteiger partial charge is 0.303 e. The van der Waals surface area contributed by atoms with Crippen molar-refractivity contribution in [1.82, 2.24) is 9.55 Å². The van der Waals surface area contributed by atoms with Gasteiger partial charge in [0.15, 0.2) is 0 Å². The number of aliphatic carboxylic acids is 1. The van der Waals surface area contributed by atoms with Gasteiger partial charge in [0.05, 0.1) is 11.7 Å². The summed E-state index contributed by atoms with van der Waals surface area (Å²) in [6, 6.07) is 14.3. The van der Waals surface area contributed by atoms with Gasteiger partial charge in [-0.2, -0.15) is 0 Å². The van der Waals surface area contributed by atoms with Crippen LogP contribution in [-0.4, -0.2) is 20.6 Å². The number of aromatic nitrogens is 2. The Hall–Kier alpha value is -2.99. The van der Waals surface area contributed by atoms with Gasteiger partial charge >= 0.3 is 5.97 Å². The maximum Gasteiger partial charge on any atom is 0.303 e. The molecule has 1 N–H and O–H groups in total. The van der Waals surface area contributed by atoms with Crippen LogP contribution in [0.4, 0.5) is 0 Å². The Labute approximate surface area is 153 Å².